The molecule has 1 fully saturated rings. The van der Waals surface area contributed by atoms with Gasteiger partial charge in [0.2, 0.25) is 0 Å². The summed E-state index contributed by atoms with van der Waals surface area (Å²) in [5, 5.41) is 10.8. The van der Waals surface area contributed by atoms with E-state index in [4.69, 9.17) is 4.84 Å². The SMILES string of the molecule is CON1CC/C(=C\c2cc(C(C)(C)C)c(O)c(C(C)(C)C)c2)S1(=O)=O. The van der Waals surface area contributed by atoms with Crippen LogP contribution >= 0.6 is 0 Å². The van der Waals surface area contributed by atoms with E-state index in [2.05, 4.69) is 0 Å². The number of hydrogen-bond acceptors (Lipinski definition) is 4. The molecule has 0 aromatic heterocycles. The Hall–Kier alpha value is -1.37. The summed E-state index contributed by atoms with van der Waals surface area (Å²) in [7, 11) is -2.22. The van der Waals surface area contributed by atoms with Crippen LogP contribution in [-0.2, 0) is 25.7 Å². The summed E-state index contributed by atoms with van der Waals surface area (Å²) in [6.45, 7) is 12.5. The summed E-state index contributed by atoms with van der Waals surface area (Å²) in [6.07, 6.45) is 2.10. The highest BCUT2D eigenvalue weighted by atomic mass is 32.2. The summed E-state index contributed by atoms with van der Waals surface area (Å²) in [5.41, 5.74) is 1.89. The molecule has 1 saturated heterocycles. The van der Waals surface area contributed by atoms with Gasteiger partial charge in [0, 0.05) is 24.1 Å². The van der Waals surface area contributed by atoms with Gasteiger partial charge < -0.3 is 5.11 Å². The zero-order valence-electron chi connectivity index (χ0n) is 16.2. The van der Waals surface area contributed by atoms with Crippen molar-refractivity contribution in [1.82, 2.24) is 4.47 Å². The minimum atomic E-state index is -3.57. The molecule has 0 aliphatic carbocycles. The van der Waals surface area contributed by atoms with Crippen molar-refractivity contribution in [2.75, 3.05) is 13.7 Å². The van der Waals surface area contributed by atoms with Crippen LogP contribution in [0.3, 0.4) is 0 Å². The predicted octanol–water partition coefficient (Wildman–Crippen LogP) is 3.93. The number of benzene rings is 1. The second-order valence-corrected chi connectivity index (χ2v) is 10.4. The minimum absolute atomic E-state index is 0.258. The van der Waals surface area contributed by atoms with E-state index in [0.717, 1.165) is 21.2 Å². The first-order valence-corrected chi connectivity index (χ1v) is 9.88. The van der Waals surface area contributed by atoms with Gasteiger partial charge in [0.25, 0.3) is 10.0 Å². The van der Waals surface area contributed by atoms with Crippen LogP contribution < -0.4 is 0 Å². The number of hydrogen-bond donors (Lipinski definition) is 1. The topological polar surface area (TPSA) is 66.8 Å². The highest BCUT2D eigenvalue weighted by molar-refractivity contribution is 7.93. The van der Waals surface area contributed by atoms with Gasteiger partial charge in [-0.2, -0.15) is 0 Å². The molecule has 140 valence electrons. The second-order valence-electron chi connectivity index (χ2n) is 8.54. The Balaban J connectivity index is 2.66. The van der Waals surface area contributed by atoms with E-state index in [-0.39, 0.29) is 16.6 Å². The molecule has 2 rings (SSSR count). The number of hydroxylamine groups is 1. The normalized spacial score (nSPS) is 20.4. The van der Waals surface area contributed by atoms with Crippen LogP contribution in [0.2, 0.25) is 0 Å². The zero-order chi connectivity index (χ0) is 19.2. The van der Waals surface area contributed by atoms with Crippen molar-refractivity contribution in [3.8, 4) is 5.75 Å². The van der Waals surface area contributed by atoms with Gasteiger partial charge in [0.05, 0.1) is 12.0 Å². The maximum Gasteiger partial charge on any atom is 0.261 e. The van der Waals surface area contributed by atoms with Gasteiger partial charge in [-0.3, -0.25) is 4.84 Å². The van der Waals surface area contributed by atoms with Crippen molar-refractivity contribution in [2.24, 2.45) is 0 Å². The van der Waals surface area contributed by atoms with E-state index >= 15 is 0 Å². The smallest absolute Gasteiger partial charge is 0.261 e. The molecule has 1 aromatic carbocycles. The molecule has 0 amide bonds. The Morgan fingerprint density at radius 1 is 1.08 bits per heavy atom. The molecule has 1 aliphatic heterocycles. The van der Waals surface area contributed by atoms with Crippen molar-refractivity contribution >= 4 is 16.1 Å². The largest absolute Gasteiger partial charge is 0.507 e. The van der Waals surface area contributed by atoms with Crippen LogP contribution in [0.25, 0.3) is 6.08 Å². The summed E-state index contributed by atoms with van der Waals surface area (Å²) in [6, 6.07) is 3.76. The number of aromatic hydroxyl groups is 1. The van der Waals surface area contributed by atoms with Crippen LogP contribution in [0.1, 0.15) is 64.7 Å². The fourth-order valence-electron chi connectivity index (χ4n) is 2.99. The summed E-state index contributed by atoms with van der Waals surface area (Å²) < 4.78 is 25.9. The molecule has 1 aromatic rings. The molecule has 25 heavy (non-hydrogen) atoms. The lowest BCUT2D eigenvalue weighted by Gasteiger charge is -2.28. The van der Waals surface area contributed by atoms with E-state index < -0.39 is 10.0 Å². The molecular weight excluding hydrogens is 338 g/mol. The molecule has 0 spiro atoms. The molecule has 6 heteroatoms. The number of phenolic OH excluding ortho intramolecular Hbond substituents is 1. The summed E-state index contributed by atoms with van der Waals surface area (Å²) >= 11 is 0. The van der Waals surface area contributed by atoms with Gasteiger partial charge in [-0.15, -0.1) is 0 Å². The molecule has 1 N–H and O–H groups in total. The Labute approximate surface area is 151 Å². The standard InChI is InChI=1S/C19H29NO4S/c1-18(2,3)15-11-13(12-16(17(15)21)19(4,5)6)10-14-8-9-20(24-7)25(14,22)23/h10-12,21H,8-9H2,1-7H3/b14-10+. The third-order valence-corrected chi connectivity index (χ3v) is 6.27. The van der Waals surface area contributed by atoms with Gasteiger partial charge in [0.15, 0.2) is 0 Å². The molecular formula is C19H29NO4S. The summed E-state index contributed by atoms with van der Waals surface area (Å²) in [4.78, 5) is 5.27. The third kappa shape index (κ3) is 3.91. The highest BCUT2D eigenvalue weighted by Crippen LogP contribution is 2.40. The quantitative estimate of drug-likeness (QED) is 0.860. The monoisotopic (exact) mass is 367 g/mol. The van der Waals surface area contributed by atoms with Crippen molar-refractivity contribution in [3.05, 3.63) is 33.7 Å². The average Bonchev–Trinajstić information content (AvgIpc) is 2.72. The van der Waals surface area contributed by atoms with Gasteiger partial charge >= 0.3 is 0 Å². The van der Waals surface area contributed by atoms with Crippen LogP contribution in [0.5, 0.6) is 5.75 Å². The predicted molar refractivity (Wildman–Crippen MR) is 101 cm³/mol. The molecule has 0 radical (unpaired) electrons. The molecule has 5 nitrogen and oxygen atoms in total. The van der Waals surface area contributed by atoms with Crippen molar-refractivity contribution < 1.29 is 18.4 Å². The fourth-order valence-corrected chi connectivity index (χ4v) is 4.41. The van der Waals surface area contributed by atoms with E-state index in [0.29, 0.717) is 17.9 Å². The number of sulfonamides is 1. The number of rotatable bonds is 2. The molecule has 0 unspecified atom stereocenters. The molecule has 0 bridgehead atoms. The number of phenols is 1. The van der Waals surface area contributed by atoms with Crippen LogP contribution in [-0.4, -0.2) is 31.6 Å². The summed E-state index contributed by atoms with van der Waals surface area (Å²) in [5.74, 6) is 0.287. The average molecular weight is 368 g/mol. The first kappa shape index (κ1) is 19.9. The highest BCUT2D eigenvalue weighted by Gasteiger charge is 2.34. The van der Waals surface area contributed by atoms with Gasteiger partial charge in [0.1, 0.15) is 5.75 Å². The van der Waals surface area contributed by atoms with E-state index in [1.807, 2.05) is 53.7 Å². The van der Waals surface area contributed by atoms with Crippen molar-refractivity contribution in [3.63, 3.8) is 0 Å². The van der Waals surface area contributed by atoms with Gasteiger partial charge in [-0.1, -0.05) is 46.0 Å². The molecule has 0 saturated carbocycles. The van der Waals surface area contributed by atoms with Crippen LogP contribution in [0.4, 0.5) is 0 Å². The minimum Gasteiger partial charge on any atom is -0.507 e. The van der Waals surface area contributed by atoms with Crippen LogP contribution in [0, 0.1) is 0 Å². The fraction of sp³-hybridized carbons (Fsp3) is 0.579. The molecule has 1 heterocycles. The van der Waals surface area contributed by atoms with Crippen molar-refractivity contribution in [1.29, 1.82) is 0 Å². The lowest BCUT2D eigenvalue weighted by molar-refractivity contribution is -0.0404. The maximum absolute atomic E-state index is 12.4. The Morgan fingerprint density at radius 2 is 1.56 bits per heavy atom. The van der Waals surface area contributed by atoms with E-state index in [9.17, 15) is 13.5 Å². The molecule has 1 aliphatic rings. The lowest BCUT2D eigenvalue weighted by atomic mass is 9.78. The van der Waals surface area contributed by atoms with E-state index in [1.54, 1.807) is 6.08 Å². The Morgan fingerprint density at radius 3 is 1.92 bits per heavy atom. The van der Waals surface area contributed by atoms with Crippen LogP contribution in [0.15, 0.2) is 17.0 Å². The zero-order valence-corrected chi connectivity index (χ0v) is 17.0. The second kappa shape index (κ2) is 6.41. The first-order chi connectivity index (χ1) is 11.3. The van der Waals surface area contributed by atoms with Gasteiger partial charge in [-0.05, 0) is 34.6 Å². The number of nitrogens with zero attached hydrogens (tertiary/aromatic N) is 1. The van der Waals surface area contributed by atoms with E-state index in [1.165, 1.54) is 7.11 Å². The lowest BCUT2D eigenvalue weighted by Crippen LogP contribution is -2.23. The van der Waals surface area contributed by atoms with Crippen molar-refractivity contribution in [2.45, 2.75) is 58.8 Å². The first-order valence-electron chi connectivity index (χ1n) is 8.44. The Bertz CT molecular complexity index is 761. The molecule has 0 atom stereocenters. The van der Waals surface area contributed by atoms with Gasteiger partial charge in [-0.25, -0.2) is 8.42 Å². The maximum atomic E-state index is 12.4. The Kier molecular flexibility index (Phi) is 5.12. The third-order valence-electron chi connectivity index (χ3n) is 4.42.